The summed E-state index contributed by atoms with van der Waals surface area (Å²) in [5.41, 5.74) is 4.53. The Morgan fingerprint density at radius 1 is 1.86 bits per heavy atom. The van der Waals surface area contributed by atoms with Crippen LogP contribution in [-0.4, -0.2) is 49.1 Å². The molecule has 0 saturated carbocycles. The molecule has 0 radical (unpaired) electrons. The van der Waals surface area contributed by atoms with Crippen LogP contribution in [0.15, 0.2) is 12.7 Å². The summed E-state index contributed by atoms with van der Waals surface area (Å²) in [4.78, 5) is 9.47. The first-order chi connectivity index (χ1) is 2.27. The Balaban J connectivity index is -0.0000000133. The van der Waals surface area contributed by atoms with Crippen LogP contribution in [0.5, 0.6) is 0 Å². The molecule has 0 rings (SSSR count). The molecular weight excluding hydrogens is 122 g/mol. The maximum atomic E-state index is 9.47. The summed E-state index contributed by atoms with van der Waals surface area (Å²) in [6, 6.07) is 0. The Morgan fingerprint density at radius 2 is 2.00 bits per heavy atom. The zero-order valence-corrected chi connectivity index (χ0v) is 6.19. The van der Waals surface area contributed by atoms with E-state index in [0.717, 1.165) is 6.08 Å². The fourth-order valence-corrected chi connectivity index (χ4v) is 0. The van der Waals surface area contributed by atoms with Gasteiger partial charge in [-0.25, -0.2) is 0 Å². The molecular formula is C3H9CaNO2. The number of hydrogen-bond donors (Lipinski definition) is 1. The quantitative estimate of drug-likeness (QED) is 0.348. The molecule has 7 heavy (non-hydrogen) atoms. The van der Waals surface area contributed by atoms with Gasteiger partial charge in [-0.1, -0.05) is 6.58 Å². The SMILES string of the molecule is C=CC(N)=O.O.[Ca+2].[H-].[H-]. The van der Waals surface area contributed by atoms with E-state index >= 15 is 0 Å². The Kier molecular flexibility index (Phi) is 21.6. The van der Waals surface area contributed by atoms with Crippen LogP contribution in [-0.2, 0) is 4.79 Å². The first-order valence-electron chi connectivity index (χ1n) is 1.19. The van der Waals surface area contributed by atoms with Crippen LogP contribution in [0.25, 0.3) is 0 Å². The van der Waals surface area contributed by atoms with E-state index in [1.807, 2.05) is 0 Å². The molecule has 0 aromatic heterocycles. The largest absolute Gasteiger partial charge is 2.00 e. The molecule has 0 aromatic carbocycles. The Hall–Kier alpha value is 0.430. The second-order valence-corrected chi connectivity index (χ2v) is 0.606. The molecule has 0 bridgehead atoms. The molecule has 0 saturated heterocycles. The average Bonchev–Trinajstić information content (AvgIpc) is 1.38. The first kappa shape index (κ1) is 15.7. The monoisotopic (exact) mass is 131 g/mol. The number of primary amides is 1. The smallest absolute Gasteiger partial charge is 1.00 e. The van der Waals surface area contributed by atoms with Gasteiger partial charge in [0.05, 0.1) is 0 Å². The van der Waals surface area contributed by atoms with Gasteiger partial charge in [-0.15, -0.1) is 0 Å². The predicted molar refractivity (Wildman–Crippen MR) is 31.0 cm³/mol. The van der Waals surface area contributed by atoms with E-state index in [1.54, 1.807) is 0 Å². The molecule has 0 aliphatic rings. The van der Waals surface area contributed by atoms with Crippen LogP contribution in [0.1, 0.15) is 2.85 Å². The third kappa shape index (κ3) is 21.4. The van der Waals surface area contributed by atoms with E-state index in [2.05, 4.69) is 12.3 Å². The van der Waals surface area contributed by atoms with E-state index in [1.165, 1.54) is 0 Å². The average molecular weight is 131 g/mol. The first-order valence-corrected chi connectivity index (χ1v) is 1.19. The van der Waals surface area contributed by atoms with Gasteiger partial charge in [0.1, 0.15) is 0 Å². The maximum Gasteiger partial charge on any atom is 2.00 e. The summed E-state index contributed by atoms with van der Waals surface area (Å²) in [7, 11) is 0. The van der Waals surface area contributed by atoms with Crippen LogP contribution in [0, 0.1) is 0 Å². The number of nitrogens with two attached hydrogens (primary N) is 1. The van der Waals surface area contributed by atoms with Gasteiger partial charge >= 0.3 is 37.7 Å². The summed E-state index contributed by atoms with van der Waals surface area (Å²) in [5.74, 6) is -0.481. The Bertz CT molecular complexity index is 70.8. The summed E-state index contributed by atoms with van der Waals surface area (Å²) >= 11 is 0. The summed E-state index contributed by atoms with van der Waals surface area (Å²) in [6.45, 7) is 3.09. The molecule has 0 heterocycles. The van der Waals surface area contributed by atoms with Gasteiger partial charge in [-0.3, -0.25) is 4.79 Å². The van der Waals surface area contributed by atoms with Crippen LogP contribution in [0.4, 0.5) is 0 Å². The number of amides is 1. The van der Waals surface area contributed by atoms with E-state index in [0.29, 0.717) is 0 Å². The van der Waals surface area contributed by atoms with Gasteiger partial charge in [0, 0.05) is 0 Å². The number of hydrogen-bond acceptors (Lipinski definition) is 1. The van der Waals surface area contributed by atoms with E-state index in [9.17, 15) is 4.79 Å². The van der Waals surface area contributed by atoms with Gasteiger partial charge in [-0.2, -0.15) is 0 Å². The van der Waals surface area contributed by atoms with Gasteiger partial charge in [0.15, 0.2) is 0 Å². The molecule has 0 spiro atoms. The van der Waals surface area contributed by atoms with Crippen molar-refractivity contribution in [2.75, 3.05) is 0 Å². The van der Waals surface area contributed by atoms with Crippen molar-refractivity contribution in [2.24, 2.45) is 5.73 Å². The third-order valence-electron chi connectivity index (χ3n) is 0.201. The van der Waals surface area contributed by atoms with Crippen molar-refractivity contribution < 1.29 is 13.1 Å². The van der Waals surface area contributed by atoms with Crippen molar-refractivity contribution >= 4 is 43.6 Å². The fraction of sp³-hybridized carbons (Fsp3) is 0. The number of rotatable bonds is 1. The van der Waals surface area contributed by atoms with Crippen molar-refractivity contribution in [1.82, 2.24) is 0 Å². The minimum Gasteiger partial charge on any atom is -1.00 e. The van der Waals surface area contributed by atoms with Gasteiger partial charge in [-0.05, 0) is 6.08 Å². The van der Waals surface area contributed by atoms with Crippen LogP contribution < -0.4 is 5.73 Å². The van der Waals surface area contributed by atoms with Crippen molar-refractivity contribution in [3.8, 4) is 0 Å². The minimum atomic E-state index is -0.481. The molecule has 0 aliphatic carbocycles. The second kappa shape index (κ2) is 9.66. The zero-order valence-electron chi connectivity index (χ0n) is 5.98. The Labute approximate surface area is 74.8 Å². The molecule has 0 aliphatic heterocycles. The van der Waals surface area contributed by atoms with Gasteiger partial charge < -0.3 is 14.1 Å². The topological polar surface area (TPSA) is 74.6 Å². The molecule has 0 atom stereocenters. The fourth-order valence-electron chi connectivity index (χ4n) is 0. The second-order valence-electron chi connectivity index (χ2n) is 0.606. The Morgan fingerprint density at radius 3 is 2.00 bits per heavy atom. The predicted octanol–water partition coefficient (Wildman–Crippen LogP) is -1.32. The normalized spacial score (nSPS) is 4.57. The summed E-state index contributed by atoms with van der Waals surface area (Å²) < 4.78 is 0. The van der Waals surface area contributed by atoms with Gasteiger partial charge in [0.25, 0.3) is 0 Å². The van der Waals surface area contributed by atoms with Crippen molar-refractivity contribution in [2.45, 2.75) is 0 Å². The van der Waals surface area contributed by atoms with E-state index < -0.39 is 5.91 Å². The maximum absolute atomic E-state index is 9.47. The van der Waals surface area contributed by atoms with Crippen LogP contribution >= 0.6 is 0 Å². The zero-order chi connectivity index (χ0) is 4.28. The van der Waals surface area contributed by atoms with E-state index in [-0.39, 0.29) is 46.1 Å². The minimum absolute atomic E-state index is 0. The molecule has 0 unspecified atom stereocenters. The summed E-state index contributed by atoms with van der Waals surface area (Å²) in [5, 5.41) is 0. The third-order valence-corrected chi connectivity index (χ3v) is 0.201. The molecule has 4 heteroatoms. The van der Waals surface area contributed by atoms with E-state index in [4.69, 9.17) is 0 Å². The molecule has 40 valence electrons. The van der Waals surface area contributed by atoms with Crippen molar-refractivity contribution in [3.05, 3.63) is 12.7 Å². The molecule has 3 nitrogen and oxygen atoms in total. The molecule has 0 aromatic rings. The van der Waals surface area contributed by atoms with Gasteiger partial charge in [0.2, 0.25) is 5.91 Å². The number of carbonyl (C=O) groups excluding carboxylic acids is 1. The van der Waals surface area contributed by atoms with Crippen molar-refractivity contribution in [3.63, 3.8) is 0 Å². The standard InChI is InChI=1S/C3H5NO.Ca.H2O.2H/c1-2-3(4)5;;;;/h2H,1H2,(H2,4,5);;1H2;;/q;+2;;2*-1. The number of carbonyl (C=O) groups is 1. The molecule has 0 fully saturated rings. The molecule has 4 N–H and O–H groups in total. The molecule has 1 amide bonds. The van der Waals surface area contributed by atoms with Crippen LogP contribution in [0.3, 0.4) is 0 Å². The summed E-state index contributed by atoms with van der Waals surface area (Å²) in [6.07, 6.45) is 1.06. The van der Waals surface area contributed by atoms with Crippen LogP contribution in [0.2, 0.25) is 0 Å². The van der Waals surface area contributed by atoms with Crippen molar-refractivity contribution in [1.29, 1.82) is 0 Å².